The van der Waals surface area contributed by atoms with Gasteiger partial charge in [-0.25, -0.2) is 0 Å². The molecule has 0 saturated carbocycles. The molecule has 0 amide bonds. The SMILES string of the molecule is O=C(CS)OC1(c2ccccc2)CC[NH2+]CC1. The van der Waals surface area contributed by atoms with Crippen molar-refractivity contribution in [2.24, 2.45) is 0 Å². The minimum absolute atomic E-state index is 0.137. The molecule has 92 valence electrons. The van der Waals surface area contributed by atoms with Crippen LogP contribution in [0, 0.1) is 0 Å². The molecule has 1 heterocycles. The number of benzene rings is 1. The molecule has 3 nitrogen and oxygen atoms in total. The van der Waals surface area contributed by atoms with Crippen LogP contribution in [0.15, 0.2) is 30.3 Å². The second-order valence-corrected chi connectivity index (χ2v) is 4.67. The minimum Gasteiger partial charge on any atom is -0.453 e. The molecular formula is C13H18NO2S+. The van der Waals surface area contributed by atoms with Crippen molar-refractivity contribution in [3.8, 4) is 0 Å². The number of carbonyl (C=O) groups is 1. The van der Waals surface area contributed by atoms with Crippen LogP contribution in [0.25, 0.3) is 0 Å². The molecule has 17 heavy (non-hydrogen) atoms. The summed E-state index contributed by atoms with van der Waals surface area (Å²) >= 11 is 3.98. The Morgan fingerprint density at radius 3 is 2.53 bits per heavy atom. The van der Waals surface area contributed by atoms with Crippen molar-refractivity contribution in [2.75, 3.05) is 18.8 Å². The molecule has 0 spiro atoms. The second kappa shape index (κ2) is 5.56. The number of thiol groups is 1. The Hall–Kier alpha value is -1.00. The standard InChI is InChI=1S/C13H17NO2S/c15-12(10-17)16-13(6-8-14-9-7-13)11-4-2-1-3-5-11/h1-5,14,17H,6-10H2/p+1. The molecule has 1 aromatic rings. The maximum absolute atomic E-state index is 11.5. The summed E-state index contributed by atoms with van der Waals surface area (Å²) < 4.78 is 5.68. The highest BCUT2D eigenvalue weighted by molar-refractivity contribution is 7.81. The van der Waals surface area contributed by atoms with Gasteiger partial charge < -0.3 is 10.1 Å². The summed E-state index contributed by atoms with van der Waals surface area (Å²) in [6, 6.07) is 10.0. The van der Waals surface area contributed by atoms with Crippen molar-refractivity contribution in [3.05, 3.63) is 35.9 Å². The van der Waals surface area contributed by atoms with Gasteiger partial charge >= 0.3 is 5.97 Å². The fourth-order valence-electron chi connectivity index (χ4n) is 2.38. The van der Waals surface area contributed by atoms with Crippen molar-refractivity contribution in [3.63, 3.8) is 0 Å². The molecule has 1 fully saturated rings. The molecule has 1 aliphatic rings. The summed E-state index contributed by atoms with van der Waals surface area (Å²) in [5.74, 6) is -0.0998. The molecule has 2 rings (SSSR count). The second-order valence-electron chi connectivity index (χ2n) is 4.36. The van der Waals surface area contributed by atoms with E-state index in [1.54, 1.807) is 0 Å². The third kappa shape index (κ3) is 2.82. The van der Waals surface area contributed by atoms with E-state index in [0.717, 1.165) is 31.5 Å². The lowest BCUT2D eigenvalue weighted by Crippen LogP contribution is -2.87. The van der Waals surface area contributed by atoms with Crippen LogP contribution in [-0.2, 0) is 15.1 Å². The third-order valence-corrected chi connectivity index (χ3v) is 3.50. The lowest BCUT2D eigenvalue weighted by Gasteiger charge is -2.35. The van der Waals surface area contributed by atoms with Gasteiger partial charge in [0, 0.05) is 12.8 Å². The van der Waals surface area contributed by atoms with Gasteiger partial charge in [-0.15, -0.1) is 0 Å². The first kappa shape index (κ1) is 12.5. The first-order valence-electron chi connectivity index (χ1n) is 5.97. The molecular weight excluding hydrogens is 234 g/mol. The van der Waals surface area contributed by atoms with Crippen molar-refractivity contribution < 1.29 is 14.8 Å². The van der Waals surface area contributed by atoms with Gasteiger partial charge in [0.25, 0.3) is 0 Å². The summed E-state index contributed by atoms with van der Waals surface area (Å²) in [7, 11) is 0. The number of esters is 1. The van der Waals surface area contributed by atoms with Crippen molar-refractivity contribution in [1.29, 1.82) is 0 Å². The number of hydrogen-bond acceptors (Lipinski definition) is 3. The van der Waals surface area contributed by atoms with E-state index in [1.165, 1.54) is 0 Å². The zero-order valence-electron chi connectivity index (χ0n) is 9.76. The van der Waals surface area contributed by atoms with Gasteiger partial charge in [-0.3, -0.25) is 4.79 Å². The van der Waals surface area contributed by atoms with Gasteiger partial charge in [0.15, 0.2) is 0 Å². The molecule has 2 N–H and O–H groups in total. The third-order valence-electron chi connectivity index (χ3n) is 3.24. The topological polar surface area (TPSA) is 42.9 Å². The van der Waals surface area contributed by atoms with Crippen LogP contribution >= 0.6 is 12.6 Å². The first-order chi connectivity index (χ1) is 8.27. The van der Waals surface area contributed by atoms with E-state index in [2.05, 4.69) is 17.9 Å². The van der Waals surface area contributed by atoms with E-state index in [4.69, 9.17) is 4.74 Å². The van der Waals surface area contributed by atoms with Gasteiger partial charge in [-0.1, -0.05) is 30.3 Å². The van der Waals surface area contributed by atoms with Crippen molar-refractivity contribution in [2.45, 2.75) is 18.4 Å². The van der Waals surface area contributed by atoms with E-state index >= 15 is 0 Å². The number of piperidine rings is 1. The molecule has 0 bridgehead atoms. The van der Waals surface area contributed by atoms with E-state index < -0.39 is 5.60 Å². The van der Waals surface area contributed by atoms with Crippen LogP contribution in [0.4, 0.5) is 0 Å². The molecule has 0 aromatic heterocycles. The Morgan fingerprint density at radius 1 is 1.29 bits per heavy atom. The van der Waals surface area contributed by atoms with Crippen molar-refractivity contribution in [1.82, 2.24) is 0 Å². The van der Waals surface area contributed by atoms with Crippen molar-refractivity contribution >= 4 is 18.6 Å². The fraction of sp³-hybridized carbons (Fsp3) is 0.462. The number of rotatable bonds is 3. The molecule has 0 aliphatic carbocycles. The Morgan fingerprint density at radius 2 is 1.94 bits per heavy atom. The van der Waals surface area contributed by atoms with Crippen LogP contribution in [0.3, 0.4) is 0 Å². The zero-order valence-corrected chi connectivity index (χ0v) is 10.7. The average molecular weight is 252 g/mol. The summed E-state index contributed by atoms with van der Waals surface area (Å²) in [5.41, 5.74) is 0.666. The Kier molecular flexibility index (Phi) is 4.07. The number of ether oxygens (including phenoxy) is 1. The largest absolute Gasteiger partial charge is 0.453 e. The molecule has 1 aromatic carbocycles. The lowest BCUT2D eigenvalue weighted by atomic mass is 9.85. The van der Waals surface area contributed by atoms with E-state index in [0.29, 0.717) is 0 Å². The monoisotopic (exact) mass is 252 g/mol. The quantitative estimate of drug-likeness (QED) is 0.615. The highest BCUT2D eigenvalue weighted by Gasteiger charge is 2.39. The molecule has 4 heteroatoms. The molecule has 0 unspecified atom stereocenters. The van der Waals surface area contributed by atoms with Crippen LogP contribution in [-0.4, -0.2) is 24.8 Å². The highest BCUT2D eigenvalue weighted by atomic mass is 32.1. The zero-order chi connectivity index (χ0) is 12.1. The van der Waals surface area contributed by atoms with E-state index in [-0.39, 0.29) is 11.7 Å². The Balaban J connectivity index is 2.26. The summed E-state index contributed by atoms with van der Waals surface area (Å²) in [6.07, 6.45) is 1.74. The first-order valence-corrected chi connectivity index (χ1v) is 6.60. The molecule has 1 aliphatic heterocycles. The maximum atomic E-state index is 11.5. The predicted octanol–water partition coefficient (Wildman–Crippen LogP) is 0.712. The lowest BCUT2D eigenvalue weighted by molar-refractivity contribution is -0.668. The minimum atomic E-state index is -0.435. The number of nitrogens with two attached hydrogens (primary N) is 1. The van der Waals surface area contributed by atoms with Crippen LogP contribution < -0.4 is 5.32 Å². The number of hydrogen-bond donors (Lipinski definition) is 2. The van der Waals surface area contributed by atoms with Crippen LogP contribution in [0.2, 0.25) is 0 Å². The normalized spacial score (nSPS) is 18.6. The number of carbonyl (C=O) groups excluding carboxylic acids is 1. The molecule has 0 atom stereocenters. The predicted molar refractivity (Wildman–Crippen MR) is 69.0 cm³/mol. The number of quaternary nitrogens is 1. The summed E-state index contributed by atoms with van der Waals surface area (Å²) in [5, 5.41) is 2.26. The average Bonchev–Trinajstić information content (AvgIpc) is 2.40. The van der Waals surface area contributed by atoms with E-state index in [9.17, 15) is 4.79 Å². The van der Waals surface area contributed by atoms with Gasteiger partial charge in [0.1, 0.15) is 5.60 Å². The maximum Gasteiger partial charge on any atom is 0.316 e. The van der Waals surface area contributed by atoms with Gasteiger partial charge in [0.05, 0.1) is 18.8 Å². The molecule has 0 radical (unpaired) electrons. The highest BCUT2D eigenvalue weighted by Crippen LogP contribution is 2.33. The molecule has 1 saturated heterocycles. The van der Waals surface area contributed by atoms with Crippen LogP contribution in [0.5, 0.6) is 0 Å². The van der Waals surface area contributed by atoms with Gasteiger partial charge in [-0.05, 0) is 5.56 Å². The smallest absolute Gasteiger partial charge is 0.316 e. The Bertz CT molecular complexity index is 374. The van der Waals surface area contributed by atoms with E-state index in [1.807, 2.05) is 30.3 Å². The van der Waals surface area contributed by atoms with Gasteiger partial charge in [-0.2, -0.15) is 12.6 Å². The van der Waals surface area contributed by atoms with Crippen LogP contribution in [0.1, 0.15) is 18.4 Å². The summed E-state index contributed by atoms with van der Waals surface area (Å²) in [6.45, 7) is 1.99. The fourth-order valence-corrected chi connectivity index (χ4v) is 2.45. The van der Waals surface area contributed by atoms with Gasteiger partial charge in [0.2, 0.25) is 0 Å². The Labute approximate surface area is 107 Å². The summed E-state index contributed by atoms with van der Waals surface area (Å²) in [4.78, 5) is 11.5.